The maximum Gasteiger partial charge on any atom is 0.253 e. The van der Waals surface area contributed by atoms with Crippen molar-refractivity contribution in [2.24, 2.45) is 0 Å². The van der Waals surface area contributed by atoms with Crippen LogP contribution in [-0.4, -0.2) is 74.1 Å². The molecule has 1 aromatic heterocycles. The summed E-state index contributed by atoms with van der Waals surface area (Å²) in [5, 5.41) is 6.02. The van der Waals surface area contributed by atoms with Crippen LogP contribution in [0.4, 0.5) is 15.9 Å². The first-order valence-electron chi connectivity index (χ1n) is 15.0. The molecule has 2 aliphatic heterocycles. The molecule has 44 heavy (non-hydrogen) atoms. The molecule has 232 valence electrons. The zero-order valence-corrected chi connectivity index (χ0v) is 25.9. The van der Waals surface area contributed by atoms with Gasteiger partial charge in [0.1, 0.15) is 17.4 Å². The molecule has 2 aromatic carbocycles. The summed E-state index contributed by atoms with van der Waals surface area (Å²) in [7, 11) is 3.66. The summed E-state index contributed by atoms with van der Waals surface area (Å²) in [6.45, 7) is 11.8. The predicted molar refractivity (Wildman–Crippen MR) is 171 cm³/mol. The van der Waals surface area contributed by atoms with E-state index in [1.54, 1.807) is 37.6 Å². The van der Waals surface area contributed by atoms with E-state index < -0.39 is 0 Å². The van der Waals surface area contributed by atoms with Gasteiger partial charge in [0.25, 0.3) is 11.8 Å². The van der Waals surface area contributed by atoms with Crippen molar-refractivity contribution in [1.82, 2.24) is 20.5 Å². The van der Waals surface area contributed by atoms with E-state index in [1.807, 2.05) is 30.0 Å². The molecular formula is C34H41FN6O3. The van der Waals surface area contributed by atoms with Crippen molar-refractivity contribution in [2.45, 2.75) is 45.3 Å². The molecule has 0 saturated carbocycles. The van der Waals surface area contributed by atoms with Crippen LogP contribution in [0, 0.1) is 12.7 Å². The Morgan fingerprint density at radius 2 is 1.86 bits per heavy atom. The van der Waals surface area contributed by atoms with Gasteiger partial charge in [0.15, 0.2) is 0 Å². The number of piperidine rings is 1. The lowest BCUT2D eigenvalue weighted by Gasteiger charge is -2.40. The maximum atomic E-state index is 14.9. The van der Waals surface area contributed by atoms with Gasteiger partial charge >= 0.3 is 0 Å². The second kappa shape index (κ2) is 13.5. The molecule has 0 bridgehead atoms. The topological polar surface area (TPSA) is 90.0 Å². The predicted octanol–water partition coefficient (Wildman–Crippen LogP) is 4.52. The van der Waals surface area contributed by atoms with Crippen molar-refractivity contribution in [2.75, 3.05) is 50.1 Å². The van der Waals surface area contributed by atoms with Gasteiger partial charge in [-0.1, -0.05) is 18.7 Å². The second-order valence-corrected chi connectivity index (χ2v) is 11.7. The Labute approximate surface area is 258 Å². The molecule has 2 saturated heterocycles. The number of piperazine rings is 1. The minimum absolute atomic E-state index is 0.0313. The number of hydrogen-bond donors (Lipinski definition) is 2. The Kier molecular flexibility index (Phi) is 9.49. The first kappa shape index (κ1) is 31.0. The summed E-state index contributed by atoms with van der Waals surface area (Å²) in [5.41, 5.74) is 3.94. The minimum atomic E-state index is -0.284. The lowest BCUT2D eigenvalue weighted by atomic mass is 9.95. The van der Waals surface area contributed by atoms with E-state index in [-0.39, 0.29) is 36.3 Å². The molecule has 0 aliphatic carbocycles. The number of carbonyl (C=O) groups is 2. The monoisotopic (exact) mass is 600 g/mol. The maximum absolute atomic E-state index is 14.9. The van der Waals surface area contributed by atoms with E-state index in [0.717, 1.165) is 37.4 Å². The van der Waals surface area contributed by atoms with Crippen LogP contribution in [0.25, 0.3) is 0 Å². The van der Waals surface area contributed by atoms with Crippen molar-refractivity contribution in [3.8, 4) is 5.75 Å². The molecule has 9 nitrogen and oxygen atoms in total. The number of aromatic nitrogens is 1. The molecule has 10 heteroatoms. The van der Waals surface area contributed by atoms with Crippen molar-refractivity contribution in [3.05, 3.63) is 95.1 Å². The van der Waals surface area contributed by atoms with Crippen molar-refractivity contribution >= 4 is 23.3 Å². The minimum Gasteiger partial charge on any atom is -0.496 e. The molecule has 2 amide bonds. The molecule has 5 rings (SSSR count). The van der Waals surface area contributed by atoms with Gasteiger partial charge in [-0.25, -0.2) is 9.37 Å². The molecule has 3 aromatic rings. The smallest absolute Gasteiger partial charge is 0.253 e. The third-order valence-electron chi connectivity index (χ3n) is 8.54. The lowest BCUT2D eigenvalue weighted by Crippen LogP contribution is -2.48. The molecule has 2 atom stereocenters. The van der Waals surface area contributed by atoms with Gasteiger partial charge in [-0.3, -0.25) is 9.59 Å². The molecule has 2 aliphatic rings. The van der Waals surface area contributed by atoms with Crippen LogP contribution in [-0.2, 0) is 6.54 Å². The number of halogens is 1. The highest BCUT2D eigenvalue weighted by atomic mass is 19.1. The molecule has 0 radical (unpaired) electrons. The number of amides is 2. The molecule has 3 heterocycles. The Hall–Kier alpha value is -4.44. The standard InChI is InChI=1S/C34H41FN6O3/c1-22-17-27(38-34(43)28-7-6-8-31(44-5)24(28)3)18-23(2)41(22)32-12-10-26(21-36-32)33(42)37-20-25-9-11-30(29(35)19-25)40-15-13-39(4)14-16-40/h6-12,19,21,23,27H,1,13-18,20H2,2-5H3,(H,37,42)(H,38,43). The summed E-state index contributed by atoms with van der Waals surface area (Å²) >= 11 is 0. The Morgan fingerprint density at radius 1 is 1.09 bits per heavy atom. The number of methoxy groups -OCH3 is 1. The Balaban J connectivity index is 1.15. The number of nitrogens with zero attached hydrogens (tertiary/aromatic N) is 4. The summed E-state index contributed by atoms with van der Waals surface area (Å²) in [4.78, 5) is 36.8. The van der Waals surface area contributed by atoms with E-state index >= 15 is 0 Å². The third-order valence-corrected chi connectivity index (χ3v) is 8.54. The highest BCUT2D eigenvalue weighted by Crippen LogP contribution is 2.30. The molecular weight excluding hydrogens is 559 g/mol. The van der Waals surface area contributed by atoms with Crippen LogP contribution in [0.5, 0.6) is 5.75 Å². The van der Waals surface area contributed by atoms with Crippen molar-refractivity contribution in [1.29, 1.82) is 0 Å². The number of ether oxygens (including phenoxy) is 1. The number of carbonyl (C=O) groups excluding carboxylic acids is 2. The van der Waals surface area contributed by atoms with Gasteiger partial charge < -0.3 is 30.1 Å². The van der Waals surface area contributed by atoms with Gasteiger partial charge in [0.05, 0.1) is 18.4 Å². The van der Waals surface area contributed by atoms with Crippen LogP contribution in [0.3, 0.4) is 0 Å². The summed E-state index contributed by atoms with van der Waals surface area (Å²) in [6, 6.07) is 14.1. The second-order valence-electron chi connectivity index (χ2n) is 11.7. The van der Waals surface area contributed by atoms with Gasteiger partial charge in [-0.15, -0.1) is 0 Å². The van der Waals surface area contributed by atoms with Gasteiger partial charge in [-0.05, 0) is 69.3 Å². The van der Waals surface area contributed by atoms with E-state index in [1.165, 1.54) is 6.07 Å². The van der Waals surface area contributed by atoms with Crippen molar-refractivity contribution in [3.63, 3.8) is 0 Å². The van der Waals surface area contributed by atoms with E-state index in [0.29, 0.717) is 46.8 Å². The summed E-state index contributed by atoms with van der Waals surface area (Å²) < 4.78 is 20.2. The normalized spacial score (nSPS) is 19.1. The van der Waals surface area contributed by atoms with E-state index in [9.17, 15) is 14.0 Å². The molecule has 2 unspecified atom stereocenters. The highest BCUT2D eigenvalue weighted by molar-refractivity contribution is 5.96. The number of benzene rings is 2. The number of nitrogens with one attached hydrogen (secondary N) is 2. The highest BCUT2D eigenvalue weighted by Gasteiger charge is 2.31. The van der Waals surface area contributed by atoms with E-state index in [2.05, 4.69) is 46.0 Å². The number of anilines is 2. The SMILES string of the molecule is C=C1CC(NC(=O)c2cccc(OC)c2C)CC(C)N1c1ccc(C(=O)NCc2ccc(N3CCN(C)CC3)c(F)c2)cn1. The van der Waals surface area contributed by atoms with Crippen molar-refractivity contribution < 1.29 is 18.7 Å². The fraction of sp³-hybridized carbons (Fsp3) is 0.382. The average Bonchev–Trinajstić information content (AvgIpc) is 3.00. The number of rotatable bonds is 8. The number of hydrogen-bond acceptors (Lipinski definition) is 7. The first-order chi connectivity index (χ1) is 21.1. The zero-order valence-electron chi connectivity index (χ0n) is 25.9. The summed E-state index contributed by atoms with van der Waals surface area (Å²) in [5.74, 6) is 0.669. The van der Waals surface area contributed by atoms with Gasteiger partial charge in [0.2, 0.25) is 0 Å². The fourth-order valence-electron chi connectivity index (χ4n) is 6.05. The Bertz CT molecular complexity index is 1520. The quantitative estimate of drug-likeness (QED) is 0.393. The Morgan fingerprint density at radius 3 is 2.52 bits per heavy atom. The molecule has 2 fully saturated rings. The van der Waals surface area contributed by atoms with Crippen LogP contribution in [0.15, 0.2) is 67.0 Å². The number of pyridine rings is 1. The molecule has 0 spiro atoms. The third kappa shape index (κ3) is 6.86. The van der Waals surface area contributed by atoms with Gasteiger partial charge in [-0.2, -0.15) is 0 Å². The fourth-order valence-corrected chi connectivity index (χ4v) is 6.05. The van der Waals surface area contributed by atoms with Crippen LogP contribution >= 0.6 is 0 Å². The largest absolute Gasteiger partial charge is 0.496 e. The number of likely N-dealkylation sites (N-methyl/N-ethyl adjacent to an activating group) is 1. The van der Waals surface area contributed by atoms with Crippen LogP contribution in [0.1, 0.15) is 51.6 Å². The van der Waals surface area contributed by atoms with Crippen LogP contribution in [0.2, 0.25) is 0 Å². The first-order valence-corrected chi connectivity index (χ1v) is 15.0. The van der Waals surface area contributed by atoms with Crippen LogP contribution < -0.4 is 25.2 Å². The summed E-state index contributed by atoms with van der Waals surface area (Å²) in [6.07, 6.45) is 2.83. The van der Waals surface area contributed by atoms with Gasteiger partial charge in [0, 0.05) is 74.2 Å². The zero-order chi connectivity index (χ0) is 31.4. The lowest BCUT2D eigenvalue weighted by molar-refractivity contribution is 0.0927. The average molecular weight is 601 g/mol. The molecule has 2 N–H and O–H groups in total. The van der Waals surface area contributed by atoms with E-state index in [4.69, 9.17) is 4.74 Å².